The zero-order valence-electron chi connectivity index (χ0n) is 14.0. The summed E-state index contributed by atoms with van der Waals surface area (Å²) in [7, 11) is 0. The van der Waals surface area contributed by atoms with Gasteiger partial charge in [-0.15, -0.1) is 0 Å². The number of benzene rings is 3. The van der Waals surface area contributed by atoms with Crippen LogP contribution in [0, 0.1) is 5.82 Å². The Labute approximate surface area is 182 Å². The predicted molar refractivity (Wildman–Crippen MR) is 119 cm³/mol. The van der Waals surface area contributed by atoms with Gasteiger partial charge >= 0.3 is 0 Å². The highest BCUT2D eigenvalue weighted by Gasteiger charge is 2.31. The van der Waals surface area contributed by atoms with Gasteiger partial charge in [-0.1, -0.05) is 56.1 Å². The fourth-order valence-corrected chi connectivity index (χ4v) is 4.65. The minimum atomic E-state index is -0.234. The Morgan fingerprint density at radius 3 is 2.19 bits per heavy atom. The first-order valence-corrected chi connectivity index (χ1v) is 10.7. The van der Waals surface area contributed by atoms with Gasteiger partial charge in [-0.2, -0.15) is 5.10 Å². The third kappa shape index (κ3) is 4.03. The molecule has 0 fully saturated rings. The van der Waals surface area contributed by atoms with Gasteiger partial charge in [0.15, 0.2) is 0 Å². The van der Waals surface area contributed by atoms with E-state index < -0.39 is 0 Å². The molecular formula is C21H14Br3FN2. The van der Waals surface area contributed by atoms with E-state index in [0.717, 1.165) is 42.4 Å². The summed E-state index contributed by atoms with van der Waals surface area (Å²) in [6.07, 6.45) is 0.746. The highest BCUT2D eigenvalue weighted by atomic mass is 79.9. The van der Waals surface area contributed by atoms with Crippen LogP contribution < -0.4 is 5.01 Å². The summed E-state index contributed by atoms with van der Waals surface area (Å²) < 4.78 is 16.4. The lowest BCUT2D eigenvalue weighted by molar-refractivity contribution is 0.624. The molecular weight excluding hydrogens is 539 g/mol. The lowest BCUT2D eigenvalue weighted by atomic mass is 9.98. The Hall–Kier alpha value is -1.50. The van der Waals surface area contributed by atoms with E-state index in [-0.39, 0.29) is 11.9 Å². The quantitative estimate of drug-likeness (QED) is 0.329. The molecule has 3 aromatic carbocycles. The maximum absolute atomic E-state index is 13.4. The lowest BCUT2D eigenvalue weighted by Gasteiger charge is -2.25. The zero-order chi connectivity index (χ0) is 19.0. The van der Waals surface area contributed by atoms with E-state index in [4.69, 9.17) is 5.10 Å². The Kier molecular flexibility index (Phi) is 5.48. The van der Waals surface area contributed by atoms with E-state index in [1.165, 1.54) is 12.1 Å². The molecule has 1 heterocycles. The number of hydrogen-bond donors (Lipinski definition) is 0. The lowest BCUT2D eigenvalue weighted by Crippen LogP contribution is -2.19. The molecule has 0 aliphatic carbocycles. The zero-order valence-corrected chi connectivity index (χ0v) is 18.8. The van der Waals surface area contributed by atoms with Crippen LogP contribution in [0.15, 0.2) is 85.2 Å². The van der Waals surface area contributed by atoms with E-state index in [2.05, 4.69) is 59.9 Å². The van der Waals surface area contributed by atoms with E-state index in [1.807, 2.05) is 47.5 Å². The molecule has 0 spiro atoms. The molecule has 0 radical (unpaired) electrons. The third-order valence-corrected chi connectivity index (χ3v) is 6.16. The molecule has 6 heteroatoms. The molecule has 0 unspecified atom stereocenters. The summed E-state index contributed by atoms with van der Waals surface area (Å²) in [6, 6.07) is 20.9. The summed E-state index contributed by atoms with van der Waals surface area (Å²) in [4.78, 5) is 0. The molecule has 0 amide bonds. The number of hydrazone groups is 1. The van der Waals surface area contributed by atoms with Crippen LogP contribution in [0.3, 0.4) is 0 Å². The molecule has 0 aromatic heterocycles. The molecule has 1 aliphatic rings. The van der Waals surface area contributed by atoms with Gasteiger partial charge in [-0.3, -0.25) is 5.01 Å². The van der Waals surface area contributed by atoms with Gasteiger partial charge in [-0.25, -0.2) is 4.39 Å². The normalized spacial score (nSPS) is 16.5. The van der Waals surface area contributed by atoms with Crippen molar-refractivity contribution < 1.29 is 4.39 Å². The molecule has 0 N–H and O–H groups in total. The average molecular weight is 553 g/mol. The Morgan fingerprint density at radius 2 is 1.52 bits per heavy atom. The van der Waals surface area contributed by atoms with Gasteiger partial charge in [0.1, 0.15) is 5.82 Å². The monoisotopic (exact) mass is 550 g/mol. The van der Waals surface area contributed by atoms with Crippen molar-refractivity contribution >= 4 is 59.2 Å². The Bertz CT molecular complexity index is 1000. The maximum Gasteiger partial charge on any atom is 0.123 e. The van der Waals surface area contributed by atoms with Gasteiger partial charge in [-0.05, 0) is 69.5 Å². The van der Waals surface area contributed by atoms with Crippen molar-refractivity contribution in [3.8, 4) is 0 Å². The predicted octanol–water partition coefficient (Wildman–Crippen LogP) is 7.47. The van der Waals surface area contributed by atoms with Crippen molar-refractivity contribution in [1.29, 1.82) is 0 Å². The minimum Gasteiger partial charge on any atom is -0.256 e. The van der Waals surface area contributed by atoms with E-state index in [0.29, 0.717) is 0 Å². The fraction of sp³-hybridized carbons (Fsp3) is 0.0952. The second kappa shape index (κ2) is 7.86. The SMILES string of the molecule is Fc1ccc([C@@H]2CC(c3ccc(Br)cc3)=NN2c2ccc(Br)cc2Br)cc1. The first-order valence-electron chi connectivity index (χ1n) is 8.34. The molecule has 2 nitrogen and oxygen atoms in total. The van der Waals surface area contributed by atoms with Gasteiger partial charge in [0.25, 0.3) is 0 Å². The second-order valence-corrected chi connectivity index (χ2v) is 8.95. The maximum atomic E-state index is 13.4. The summed E-state index contributed by atoms with van der Waals surface area (Å²) in [5.74, 6) is -0.234. The van der Waals surface area contributed by atoms with Crippen LogP contribution in [0.2, 0.25) is 0 Å². The molecule has 27 heavy (non-hydrogen) atoms. The number of hydrogen-bond acceptors (Lipinski definition) is 2. The summed E-state index contributed by atoms with van der Waals surface area (Å²) in [6.45, 7) is 0. The van der Waals surface area contributed by atoms with Crippen molar-refractivity contribution in [3.63, 3.8) is 0 Å². The van der Waals surface area contributed by atoms with Gasteiger partial charge in [0.2, 0.25) is 0 Å². The summed E-state index contributed by atoms with van der Waals surface area (Å²) in [5, 5.41) is 6.94. The first kappa shape index (κ1) is 18.8. The van der Waals surface area contributed by atoms with Crippen LogP contribution >= 0.6 is 47.8 Å². The molecule has 0 bridgehead atoms. The van der Waals surface area contributed by atoms with Gasteiger partial charge in [0.05, 0.1) is 17.4 Å². The van der Waals surface area contributed by atoms with Gasteiger partial charge in [0, 0.05) is 19.8 Å². The van der Waals surface area contributed by atoms with E-state index in [9.17, 15) is 4.39 Å². The van der Waals surface area contributed by atoms with Crippen LogP contribution in [-0.2, 0) is 0 Å². The largest absolute Gasteiger partial charge is 0.256 e. The standard InChI is InChI=1S/C21H14Br3FN2/c22-15-5-1-13(2-6-15)19-12-21(14-3-8-17(25)9-4-14)27(26-19)20-10-7-16(23)11-18(20)24/h1-11,21H,12H2/t21-/m0/s1. The van der Waals surface area contributed by atoms with Crippen LogP contribution in [-0.4, -0.2) is 5.71 Å². The average Bonchev–Trinajstić information content (AvgIpc) is 3.08. The Morgan fingerprint density at radius 1 is 0.852 bits per heavy atom. The number of anilines is 1. The van der Waals surface area contributed by atoms with Crippen LogP contribution in [0.4, 0.5) is 10.1 Å². The van der Waals surface area contributed by atoms with Crippen molar-refractivity contribution in [1.82, 2.24) is 0 Å². The number of nitrogens with zero attached hydrogens (tertiary/aromatic N) is 2. The number of halogens is 4. The van der Waals surface area contributed by atoms with Crippen molar-refractivity contribution in [2.75, 3.05) is 5.01 Å². The molecule has 1 aliphatic heterocycles. The molecule has 0 saturated carbocycles. The molecule has 136 valence electrons. The molecule has 3 aromatic rings. The fourth-order valence-electron chi connectivity index (χ4n) is 3.16. The highest BCUT2D eigenvalue weighted by molar-refractivity contribution is 9.11. The minimum absolute atomic E-state index is 0.00159. The van der Waals surface area contributed by atoms with Crippen molar-refractivity contribution in [2.24, 2.45) is 5.10 Å². The number of rotatable bonds is 3. The van der Waals surface area contributed by atoms with Crippen LogP contribution in [0.25, 0.3) is 0 Å². The van der Waals surface area contributed by atoms with Crippen LogP contribution in [0.1, 0.15) is 23.6 Å². The Balaban J connectivity index is 1.78. The third-order valence-electron chi connectivity index (χ3n) is 4.50. The summed E-state index contributed by atoms with van der Waals surface area (Å²) in [5.41, 5.74) is 4.09. The smallest absolute Gasteiger partial charge is 0.123 e. The van der Waals surface area contributed by atoms with Crippen molar-refractivity contribution in [2.45, 2.75) is 12.5 Å². The van der Waals surface area contributed by atoms with Crippen LogP contribution in [0.5, 0.6) is 0 Å². The van der Waals surface area contributed by atoms with Crippen molar-refractivity contribution in [3.05, 3.63) is 97.1 Å². The molecule has 1 atom stereocenters. The topological polar surface area (TPSA) is 15.6 Å². The second-order valence-electron chi connectivity index (χ2n) is 6.27. The van der Waals surface area contributed by atoms with E-state index >= 15 is 0 Å². The van der Waals surface area contributed by atoms with E-state index in [1.54, 1.807) is 0 Å². The summed E-state index contributed by atoms with van der Waals surface area (Å²) >= 11 is 10.6. The molecule has 4 rings (SSSR count). The first-order chi connectivity index (χ1) is 13.0. The molecule has 0 saturated heterocycles. The highest BCUT2D eigenvalue weighted by Crippen LogP contribution is 2.40. The van der Waals surface area contributed by atoms with Gasteiger partial charge < -0.3 is 0 Å².